The van der Waals surface area contributed by atoms with Gasteiger partial charge in [0.15, 0.2) is 0 Å². The summed E-state index contributed by atoms with van der Waals surface area (Å²) in [4.78, 5) is 20.7. The second kappa shape index (κ2) is 6.25. The molecule has 3 aromatic rings. The van der Waals surface area contributed by atoms with Crippen molar-refractivity contribution < 1.29 is 22.8 Å². The maximum absolute atomic E-state index is 14.2. The van der Waals surface area contributed by atoms with E-state index in [2.05, 4.69) is 15.1 Å². The summed E-state index contributed by atoms with van der Waals surface area (Å²) in [7, 11) is 0. The highest BCUT2D eigenvalue weighted by atomic mass is 19.1. The molecule has 1 saturated heterocycles. The number of H-pyrrole nitrogens is 1. The Labute approximate surface area is 140 Å². The average Bonchev–Trinajstić information content (AvgIpc) is 3.31. The first kappa shape index (κ1) is 15.7. The molecule has 2 unspecified atom stereocenters. The number of hydrogen-bond acceptors (Lipinski definition) is 5. The number of likely N-dealkylation sites (tertiary alicyclic amines) is 1. The molecule has 0 spiro atoms. The summed E-state index contributed by atoms with van der Waals surface area (Å²) in [6, 6.07) is 5.62. The van der Waals surface area contributed by atoms with Crippen molar-refractivity contribution in [1.82, 2.24) is 20.0 Å². The van der Waals surface area contributed by atoms with Gasteiger partial charge in [-0.25, -0.2) is 13.8 Å². The SMILES string of the molecule is O=C(c1ccno1)N1CC(F)C(OCc2nc3ccc(F)cc3[nH]2)C1. The fraction of sp³-hybridized carbons (Fsp3) is 0.312. The molecule has 25 heavy (non-hydrogen) atoms. The lowest BCUT2D eigenvalue weighted by Crippen LogP contribution is -2.29. The van der Waals surface area contributed by atoms with Crippen molar-refractivity contribution in [2.75, 3.05) is 13.1 Å². The largest absolute Gasteiger partial charge is 0.365 e. The Balaban J connectivity index is 1.39. The number of nitrogens with zero attached hydrogens (tertiary/aromatic N) is 3. The third kappa shape index (κ3) is 3.10. The number of amides is 1. The summed E-state index contributed by atoms with van der Waals surface area (Å²) in [6.45, 7) is 0.0663. The Bertz CT molecular complexity index is 896. The molecular weight excluding hydrogens is 334 g/mol. The van der Waals surface area contributed by atoms with Crippen LogP contribution in [-0.2, 0) is 11.3 Å². The first-order valence-corrected chi connectivity index (χ1v) is 7.70. The molecular formula is C16H14F2N4O3. The topological polar surface area (TPSA) is 84.2 Å². The lowest BCUT2D eigenvalue weighted by atomic mass is 10.3. The van der Waals surface area contributed by atoms with Crippen LogP contribution < -0.4 is 0 Å². The molecule has 1 aromatic carbocycles. The van der Waals surface area contributed by atoms with E-state index in [9.17, 15) is 13.6 Å². The molecule has 9 heteroatoms. The number of nitrogens with one attached hydrogen (secondary N) is 1. The molecule has 1 amide bonds. The van der Waals surface area contributed by atoms with Gasteiger partial charge >= 0.3 is 0 Å². The van der Waals surface area contributed by atoms with Gasteiger partial charge in [-0.05, 0) is 18.2 Å². The zero-order valence-electron chi connectivity index (χ0n) is 13.0. The van der Waals surface area contributed by atoms with Crippen LogP contribution >= 0.6 is 0 Å². The van der Waals surface area contributed by atoms with Crippen LogP contribution in [0, 0.1) is 5.82 Å². The van der Waals surface area contributed by atoms with E-state index in [1.54, 1.807) is 6.07 Å². The molecule has 0 saturated carbocycles. The number of carbonyl (C=O) groups excluding carboxylic acids is 1. The van der Waals surface area contributed by atoms with E-state index in [0.717, 1.165) is 0 Å². The Morgan fingerprint density at radius 2 is 2.28 bits per heavy atom. The van der Waals surface area contributed by atoms with E-state index in [1.165, 1.54) is 29.3 Å². The molecule has 2 aromatic heterocycles. The number of alkyl halides is 1. The normalized spacial score (nSPS) is 20.5. The molecule has 1 aliphatic rings. The van der Waals surface area contributed by atoms with Gasteiger partial charge in [-0.1, -0.05) is 5.16 Å². The average molecular weight is 348 g/mol. The second-order valence-corrected chi connectivity index (χ2v) is 5.80. The number of rotatable bonds is 4. The van der Waals surface area contributed by atoms with Crippen molar-refractivity contribution in [3.8, 4) is 0 Å². The zero-order chi connectivity index (χ0) is 17.4. The van der Waals surface area contributed by atoms with E-state index in [4.69, 9.17) is 9.26 Å². The van der Waals surface area contributed by atoms with Crippen LogP contribution in [0.25, 0.3) is 11.0 Å². The lowest BCUT2D eigenvalue weighted by Gasteiger charge is -2.14. The van der Waals surface area contributed by atoms with E-state index in [-0.39, 0.29) is 31.3 Å². The Kier molecular flexibility index (Phi) is 3.92. The van der Waals surface area contributed by atoms with Gasteiger partial charge in [-0.2, -0.15) is 0 Å². The summed E-state index contributed by atoms with van der Waals surface area (Å²) in [5.74, 6) is -0.268. The van der Waals surface area contributed by atoms with E-state index in [1.807, 2.05) is 0 Å². The number of ether oxygens (including phenoxy) is 1. The highest BCUT2D eigenvalue weighted by molar-refractivity contribution is 5.91. The first-order chi connectivity index (χ1) is 12.1. The van der Waals surface area contributed by atoms with Crippen molar-refractivity contribution in [2.24, 2.45) is 0 Å². The number of hydrogen-bond donors (Lipinski definition) is 1. The fourth-order valence-corrected chi connectivity index (χ4v) is 2.83. The molecule has 3 heterocycles. The molecule has 130 valence electrons. The molecule has 0 bridgehead atoms. The maximum Gasteiger partial charge on any atom is 0.292 e. The Hall–Kier alpha value is -2.81. The van der Waals surface area contributed by atoms with Gasteiger partial charge in [0.2, 0.25) is 5.76 Å². The molecule has 1 fully saturated rings. The maximum atomic E-state index is 14.2. The van der Waals surface area contributed by atoms with E-state index >= 15 is 0 Å². The van der Waals surface area contributed by atoms with Crippen LogP contribution in [0.2, 0.25) is 0 Å². The van der Waals surface area contributed by atoms with Gasteiger partial charge in [0.25, 0.3) is 5.91 Å². The molecule has 1 N–H and O–H groups in total. The van der Waals surface area contributed by atoms with Crippen molar-refractivity contribution in [2.45, 2.75) is 18.9 Å². The van der Waals surface area contributed by atoms with Gasteiger partial charge in [-0.15, -0.1) is 0 Å². The van der Waals surface area contributed by atoms with Crippen molar-refractivity contribution in [1.29, 1.82) is 0 Å². The Morgan fingerprint density at radius 3 is 3.08 bits per heavy atom. The van der Waals surface area contributed by atoms with Crippen LogP contribution in [0.4, 0.5) is 8.78 Å². The standard InChI is InChI=1S/C16H14F2N4O3/c17-9-1-2-11-12(5-9)21-15(20-11)8-24-14-7-22(6-10(14)18)16(23)13-3-4-19-25-13/h1-5,10,14H,6-8H2,(H,20,21). The minimum absolute atomic E-state index is 0.0335. The van der Waals surface area contributed by atoms with Crippen LogP contribution in [0.3, 0.4) is 0 Å². The third-order valence-corrected chi connectivity index (χ3v) is 4.06. The number of carbonyl (C=O) groups is 1. The quantitative estimate of drug-likeness (QED) is 0.780. The van der Waals surface area contributed by atoms with Gasteiger partial charge < -0.3 is 19.1 Å². The number of aromatic amines is 1. The van der Waals surface area contributed by atoms with Crippen molar-refractivity contribution >= 4 is 16.9 Å². The number of imidazole rings is 1. The lowest BCUT2D eigenvalue weighted by molar-refractivity contribution is 0.00876. The summed E-state index contributed by atoms with van der Waals surface area (Å²) >= 11 is 0. The van der Waals surface area contributed by atoms with Crippen LogP contribution in [0.15, 0.2) is 35.0 Å². The predicted molar refractivity (Wildman–Crippen MR) is 81.9 cm³/mol. The number of fused-ring (bicyclic) bond motifs is 1. The van der Waals surface area contributed by atoms with Gasteiger partial charge in [0, 0.05) is 6.07 Å². The van der Waals surface area contributed by atoms with Crippen LogP contribution in [0.5, 0.6) is 0 Å². The third-order valence-electron chi connectivity index (χ3n) is 4.06. The molecule has 2 atom stereocenters. The minimum atomic E-state index is -1.31. The highest BCUT2D eigenvalue weighted by Gasteiger charge is 2.37. The number of aromatic nitrogens is 3. The summed E-state index contributed by atoms with van der Waals surface area (Å²) in [5, 5.41) is 3.47. The number of halogens is 2. The Morgan fingerprint density at radius 1 is 1.40 bits per heavy atom. The molecule has 4 rings (SSSR count). The van der Waals surface area contributed by atoms with Gasteiger partial charge in [-0.3, -0.25) is 4.79 Å². The van der Waals surface area contributed by atoms with Crippen LogP contribution in [0.1, 0.15) is 16.4 Å². The highest BCUT2D eigenvalue weighted by Crippen LogP contribution is 2.21. The van der Waals surface area contributed by atoms with Crippen molar-refractivity contribution in [3.63, 3.8) is 0 Å². The summed E-state index contributed by atoms with van der Waals surface area (Å²) < 4.78 is 37.7. The summed E-state index contributed by atoms with van der Waals surface area (Å²) in [6.07, 6.45) is -0.722. The smallest absolute Gasteiger partial charge is 0.292 e. The van der Waals surface area contributed by atoms with Gasteiger partial charge in [0.1, 0.15) is 30.5 Å². The van der Waals surface area contributed by atoms with E-state index in [0.29, 0.717) is 16.9 Å². The fourth-order valence-electron chi connectivity index (χ4n) is 2.83. The minimum Gasteiger partial charge on any atom is -0.365 e. The molecule has 0 aliphatic carbocycles. The monoisotopic (exact) mass is 348 g/mol. The summed E-state index contributed by atoms with van der Waals surface area (Å²) in [5.41, 5.74) is 1.15. The second-order valence-electron chi connectivity index (χ2n) is 5.80. The van der Waals surface area contributed by atoms with Gasteiger partial charge in [0.05, 0.1) is 30.3 Å². The zero-order valence-corrected chi connectivity index (χ0v) is 13.0. The van der Waals surface area contributed by atoms with E-state index < -0.39 is 18.2 Å². The van der Waals surface area contributed by atoms with Crippen molar-refractivity contribution in [3.05, 3.63) is 47.9 Å². The molecule has 0 radical (unpaired) electrons. The predicted octanol–water partition coefficient (Wildman–Crippen LogP) is 2.07. The molecule has 7 nitrogen and oxygen atoms in total. The molecule has 1 aliphatic heterocycles. The number of benzene rings is 1. The van der Waals surface area contributed by atoms with Crippen LogP contribution in [-0.4, -0.2) is 51.3 Å². The first-order valence-electron chi connectivity index (χ1n) is 7.70.